The molecule has 104 valence electrons. The fraction of sp³-hybridized carbons (Fsp3) is 0.182. The number of carbonyl (C=O) groups is 1. The Labute approximate surface area is 113 Å². The molecule has 1 N–H and O–H groups in total. The summed E-state index contributed by atoms with van der Waals surface area (Å²) in [5.74, 6) is 0.793. The molecule has 2 rings (SSSR count). The van der Waals surface area contributed by atoms with Gasteiger partial charge in [-0.05, 0) is 19.1 Å². The number of nitro groups is 1. The molecule has 0 aliphatic carbocycles. The normalized spacial score (nSPS) is 10.8. The van der Waals surface area contributed by atoms with Gasteiger partial charge >= 0.3 is 5.69 Å². The van der Waals surface area contributed by atoms with Crippen molar-refractivity contribution in [2.24, 2.45) is 5.10 Å². The molecule has 0 bridgehead atoms. The number of aryl methyl sites for hydroxylation is 1. The van der Waals surface area contributed by atoms with E-state index < -0.39 is 10.8 Å². The van der Waals surface area contributed by atoms with Crippen LogP contribution in [-0.4, -0.2) is 26.8 Å². The van der Waals surface area contributed by atoms with Crippen LogP contribution >= 0.6 is 0 Å². The first-order valence-corrected chi connectivity index (χ1v) is 5.60. The van der Waals surface area contributed by atoms with Crippen LogP contribution in [0.4, 0.5) is 5.69 Å². The van der Waals surface area contributed by atoms with E-state index in [4.69, 9.17) is 4.42 Å². The van der Waals surface area contributed by atoms with Crippen molar-refractivity contribution in [3.63, 3.8) is 0 Å². The molecule has 9 nitrogen and oxygen atoms in total. The largest absolute Gasteiger partial charge is 0.460 e. The average molecular weight is 277 g/mol. The highest BCUT2D eigenvalue weighted by Gasteiger charge is 2.10. The summed E-state index contributed by atoms with van der Waals surface area (Å²) in [6, 6.07) is 3.48. The van der Waals surface area contributed by atoms with Gasteiger partial charge in [-0.25, -0.2) is 5.43 Å². The summed E-state index contributed by atoms with van der Waals surface area (Å²) in [5.41, 5.74) is 2.09. The van der Waals surface area contributed by atoms with Crippen LogP contribution in [0.2, 0.25) is 0 Å². The van der Waals surface area contributed by atoms with Crippen LogP contribution in [-0.2, 0) is 11.3 Å². The zero-order valence-electron chi connectivity index (χ0n) is 10.5. The van der Waals surface area contributed by atoms with Gasteiger partial charge in [0.1, 0.15) is 30.5 Å². The molecular weight excluding hydrogens is 266 g/mol. The maximum atomic E-state index is 11.5. The molecule has 0 spiro atoms. The van der Waals surface area contributed by atoms with E-state index in [0.717, 1.165) is 16.6 Å². The summed E-state index contributed by atoms with van der Waals surface area (Å²) in [4.78, 5) is 21.4. The Bertz CT molecular complexity index is 657. The number of aromatic nitrogens is 2. The second-order valence-corrected chi connectivity index (χ2v) is 3.89. The Morgan fingerprint density at radius 3 is 3.05 bits per heavy atom. The van der Waals surface area contributed by atoms with E-state index >= 15 is 0 Å². The second-order valence-electron chi connectivity index (χ2n) is 3.89. The summed E-state index contributed by atoms with van der Waals surface area (Å²) in [5, 5.41) is 17.8. The Morgan fingerprint density at radius 2 is 2.45 bits per heavy atom. The monoisotopic (exact) mass is 277 g/mol. The van der Waals surface area contributed by atoms with E-state index in [1.807, 2.05) is 0 Å². The number of rotatable bonds is 5. The molecule has 0 aliphatic rings. The molecule has 0 radical (unpaired) electrons. The number of furan rings is 1. The molecule has 9 heteroatoms. The van der Waals surface area contributed by atoms with E-state index in [9.17, 15) is 14.9 Å². The first-order valence-electron chi connectivity index (χ1n) is 5.60. The summed E-state index contributed by atoms with van der Waals surface area (Å²) < 4.78 is 6.37. The van der Waals surface area contributed by atoms with Crippen molar-refractivity contribution in [2.45, 2.75) is 13.5 Å². The highest BCUT2D eigenvalue weighted by atomic mass is 16.6. The Hall–Kier alpha value is -2.97. The molecule has 0 aromatic carbocycles. The van der Waals surface area contributed by atoms with E-state index in [1.165, 1.54) is 12.4 Å². The van der Waals surface area contributed by atoms with Crippen molar-refractivity contribution in [3.05, 3.63) is 46.2 Å². The smallest absolute Gasteiger partial charge is 0.307 e. The number of hydrogen-bond acceptors (Lipinski definition) is 6. The molecule has 2 aromatic rings. The Kier molecular flexibility index (Phi) is 3.89. The lowest BCUT2D eigenvalue weighted by atomic mass is 10.4. The molecule has 0 saturated heterocycles. The van der Waals surface area contributed by atoms with Crippen molar-refractivity contribution in [1.29, 1.82) is 0 Å². The van der Waals surface area contributed by atoms with Gasteiger partial charge in [0, 0.05) is 0 Å². The van der Waals surface area contributed by atoms with Crippen molar-refractivity contribution < 1.29 is 14.1 Å². The van der Waals surface area contributed by atoms with Gasteiger partial charge in [-0.1, -0.05) is 0 Å². The summed E-state index contributed by atoms with van der Waals surface area (Å²) in [6.07, 6.45) is 3.60. The molecular formula is C11H11N5O4. The fourth-order valence-electron chi connectivity index (χ4n) is 1.41. The number of carbonyl (C=O) groups excluding carboxylic acids is 1. The minimum absolute atomic E-state index is 0.164. The van der Waals surface area contributed by atoms with Crippen molar-refractivity contribution >= 4 is 17.8 Å². The lowest BCUT2D eigenvalue weighted by molar-refractivity contribution is -0.385. The van der Waals surface area contributed by atoms with Gasteiger partial charge in [-0.2, -0.15) is 10.2 Å². The van der Waals surface area contributed by atoms with Crippen LogP contribution in [0.1, 0.15) is 11.5 Å². The topological polar surface area (TPSA) is 116 Å². The predicted octanol–water partition coefficient (Wildman–Crippen LogP) is 0.843. The van der Waals surface area contributed by atoms with Gasteiger partial charge in [0.25, 0.3) is 5.91 Å². The van der Waals surface area contributed by atoms with Crippen LogP contribution in [0.3, 0.4) is 0 Å². The van der Waals surface area contributed by atoms with Gasteiger partial charge in [-0.3, -0.25) is 19.6 Å². The highest BCUT2D eigenvalue weighted by Crippen LogP contribution is 2.07. The lowest BCUT2D eigenvalue weighted by Gasteiger charge is -1.98. The van der Waals surface area contributed by atoms with Crippen LogP contribution in [0, 0.1) is 17.0 Å². The summed E-state index contributed by atoms with van der Waals surface area (Å²) >= 11 is 0. The van der Waals surface area contributed by atoms with Gasteiger partial charge in [-0.15, -0.1) is 0 Å². The van der Waals surface area contributed by atoms with E-state index in [2.05, 4.69) is 15.6 Å². The standard InChI is InChI=1S/C11H11N5O4/c1-8-2-3-10(20-8)5-12-14-11(17)7-15-6-9(4-13-15)16(18)19/h2-6H,7H2,1H3,(H,14,17). The first kappa shape index (κ1) is 13.5. The van der Waals surface area contributed by atoms with E-state index in [0.29, 0.717) is 5.76 Å². The van der Waals surface area contributed by atoms with E-state index in [1.54, 1.807) is 19.1 Å². The van der Waals surface area contributed by atoms with E-state index in [-0.39, 0.29) is 12.2 Å². The van der Waals surface area contributed by atoms with Crippen LogP contribution in [0.5, 0.6) is 0 Å². The maximum Gasteiger partial charge on any atom is 0.307 e. The molecule has 2 heterocycles. The van der Waals surface area contributed by atoms with Gasteiger partial charge in [0.05, 0.1) is 11.1 Å². The SMILES string of the molecule is Cc1ccc(C=NNC(=O)Cn2cc([N+](=O)[O-])cn2)o1. The fourth-order valence-corrected chi connectivity index (χ4v) is 1.41. The first-order chi connectivity index (χ1) is 9.54. The molecule has 0 unspecified atom stereocenters. The Morgan fingerprint density at radius 1 is 1.65 bits per heavy atom. The minimum atomic E-state index is -0.585. The van der Waals surface area contributed by atoms with Gasteiger partial charge < -0.3 is 4.42 Å². The molecule has 0 saturated carbocycles. The van der Waals surface area contributed by atoms with Gasteiger partial charge in [0.15, 0.2) is 0 Å². The average Bonchev–Trinajstić information content (AvgIpc) is 2.99. The summed E-state index contributed by atoms with van der Waals surface area (Å²) in [6.45, 7) is 1.63. The lowest BCUT2D eigenvalue weighted by Crippen LogP contribution is -2.23. The quantitative estimate of drug-likeness (QED) is 0.494. The second kappa shape index (κ2) is 5.78. The van der Waals surface area contributed by atoms with Crippen molar-refractivity contribution in [2.75, 3.05) is 0 Å². The third-order valence-electron chi connectivity index (χ3n) is 2.28. The molecule has 0 atom stereocenters. The molecule has 0 aliphatic heterocycles. The minimum Gasteiger partial charge on any atom is -0.460 e. The molecule has 2 aromatic heterocycles. The predicted molar refractivity (Wildman–Crippen MR) is 68.1 cm³/mol. The summed E-state index contributed by atoms with van der Waals surface area (Å²) in [7, 11) is 0. The van der Waals surface area contributed by atoms with Crippen LogP contribution in [0.15, 0.2) is 34.0 Å². The number of nitrogens with one attached hydrogen (secondary N) is 1. The third-order valence-corrected chi connectivity index (χ3v) is 2.28. The van der Waals surface area contributed by atoms with Gasteiger partial charge in [0.2, 0.25) is 0 Å². The number of nitrogens with zero attached hydrogens (tertiary/aromatic N) is 4. The van der Waals surface area contributed by atoms with Crippen LogP contribution in [0.25, 0.3) is 0 Å². The Balaban J connectivity index is 1.85. The van der Waals surface area contributed by atoms with Crippen molar-refractivity contribution in [1.82, 2.24) is 15.2 Å². The highest BCUT2D eigenvalue weighted by molar-refractivity contribution is 5.80. The van der Waals surface area contributed by atoms with Crippen molar-refractivity contribution in [3.8, 4) is 0 Å². The zero-order valence-corrected chi connectivity index (χ0v) is 10.5. The molecule has 1 amide bonds. The zero-order chi connectivity index (χ0) is 14.5. The number of hydrogen-bond donors (Lipinski definition) is 1. The number of amides is 1. The molecule has 0 fully saturated rings. The van der Waals surface area contributed by atoms with Crippen LogP contribution < -0.4 is 5.43 Å². The maximum absolute atomic E-state index is 11.5. The number of hydrazone groups is 1. The molecule has 20 heavy (non-hydrogen) atoms. The third kappa shape index (κ3) is 3.51.